The number of carbonyl (C=O) groups excluding carboxylic acids is 1. The fraction of sp³-hybridized carbons (Fsp3) is 0.567. The van der Waals surface area contributed by atoms with Gasteiger partial charge in [0.1, 0.15) is 0 Å². The lowest BCUT2D eigenvalue weighted by Gasteiger charge is -2.36. The third kappa shape index (κ3) is 6.39. The highest BCUT2D eigenvalue weighted by molar-refractivity contribution is 6.74. The zero-order valence-electron chi connectivity index (χ0n) is 25.0. The Kier molecular flexibility index (Phi) is 8.00. The zero-order chi connectivity index (χ0) is 28.0. The van der Waals surface area contributed by atoms with E-state index in [1.807, 2.05) is 70.2 Å². The van der Waals surface area contributed by atoms with Gasteiger partial charge in [0.25, 0.3) is 5.91 Å². The Morgan fingerprint density at radius 3 is 1.95 bits per heavy atom. The average molecular weight is 524 g/mol. The minimum Gasteiger partial charge on any atom is -0.412 e. The van der Waals surface area contributed by atoms with E-state index >= 15 is 0 Å². The number of benzene rings is 2. The first kappa shape index (κ1) is 29.6. The molecule has 0 aromatic heterocycles. The van der Waals surface area contributed by atoms with Crippen LogP contribution in [0.3, 0.4) is 0 Å². The molecule has 0 unspecified atom stereocenters. The van der Waals surface area contributed by atoms with Crippen LogP contribution in [0.5, 0.6) is 0 Å². The molecular weight excluding hydrogens is 477 g/mol. The molecule has 37 heavy (non-hydrogen) atoms. The summed E-state index contributed by atoms with van der Waals surface area (Å²) >= 11 is 0. The molecule has 7 heteroatoms. The number of carbonyl (C=O) groups is 1. The second kappa shape index (κ2) is 9.99. The van der Waals surface area contributed by atoms with E-state index in [-0.39, 0.29) is 16.4 Å². The topological polar surface area (TPSA) is 56.8 Å². The lowest BCUT2D eigenvalue weighted by Crippen LogP contribution is -2.42. The molecule has 1 aliphatic heterocycles. The van der Waals surface area contributed by atoms with Crippen LogP contribution in [0.2, 0.25) is 18.1 Å². The number of amides is 1. The highest BCUT2D eigenvalue weighted by Crippen LogP contribution is 2.39. The van der Waals surface area contributed by atoms with Gasteiger partial charge in [0, 0.05) is 11.3 Å². The van der Waals surface area contributed by atoms with Crippen LogP contribution in [0.1, 0.15) is 90.7 Å². The summed E-state index contributed by atoms with van der Waals surface area (Å²) in [5.41, 5.74) is 3.40. The van der Waals surface area contributed by atoms with Crippen molar-refractivity contribution in [3.63, 3.8) is 0 Å². The first-order chi connectivity index (χ1) is 16.8. The smallest absolute Gasteiger partial charge is 0.412 e. The fourth-order valence-corrected chi connectivity index (χ4v) is 4.80. The Bertz CT molecular complexity index is 1110. The summed E-state index contributed by atoms with van der Waals surface area (Å²) in [4.78, 5) is 13.3. The molecule has 1 amide bonds. The molecule has 1 N–H and O–H groups in total. The molecular formula is C30H46BNO4Si. The maximum absolute atomic E-state index is 13.3. The van der Waals surface area contributed by atoms with E-state index in [1.54, 1.807) is 0 Å². The monoisotopic (exact) mass is 523 g/mol. The molecule has 0 spiro atoms. The van der Waals surface area contributed by atoms with E-state index in [1.165, 1.54) is 5.56 Å². The summed E-state index contributed by atoms with van der Waals surface area (Å²) in [5.74, 6) is -0.153. The number of hydrogen-bond donors (Lipinski definition) is 1. The van der Waals surface area contributed by atoms with Gasteiger partial charge in [-0.25, -0.2) is 0 Å². The van der Waals surface area contributed by atoms with E-state index in [0.717, 1.165) is 16.7 Å². The molecule has 1 fully saturated rings. The first-order valence-electron chi connectivity index (χ1n) is 13.3. The van der Waals surface area contributed by atoms with Gasteiger partial charge in [-0.1, -0.05) is 65.8 Å². The molecule has 202 valence electrons. The van der Waals surface area contributed by atoms with Crippen molar-refractivity contribution in [2.24, 2.45) is 0 Å². The van der Waals surface area contributed by atoms with Gasteiger partial charge in [-0.2, -0.15) is 0 Å². The van der Waals surface area contributed by atoms with Crippen molar-refractivity contribution in [3.8, 4) is 0 Å². The van der Waals surface area contributed by atoms with Gasteiger partial charge in [0.05, 0.1) is 17.8 Å². The van der Waals surface area contributed by atoms with Gasteiger partial charge in [-0.15, -0.1) is 0 Å². The van der Waals surface area contributed by atoms with Crippen LogP contribution in [-0.2, 0) is 25.8 Å². The number of hydrogen-bond acceptors (Lipinski definition) is 4. The summed E-state index contributed by atoms with van der Waals surface area (Å²) in [6.45, 7) is 26.2. The number of nitrogens with one attached hydrogen (secondary N) is 1. The minimum atomic E-state index is -2.05. The van der Waals surface area contributed by atoms with E-state index in [9.17, 15) is 4.79 Å². The van der Waals surface area contributed by atoms with Crippen molar-refractivity contribution in [1.29, 1.82) is 0 Å². The van der Waals surface area contributed by atoms with Gasteiger partial charge >= 0.3 is 7.12 Å². The van der Waals surface area contributed by atoms with Crippen molar-refractivity contribution < 1.29 is 18.5 Å². The van der Waals surface area contributed by atoms with Crippen molar-refractivity contribution in [2.45, 2.75) is 111 Å². The molecule has 0 aliphatic carbocycles. The standard InChI is InChI=1S/C30H46BNO4Si/c1-27(2,3)22-18-16-21(17-19-22)26(33)32-25-15-13-14-24(31-35-29(7,8)30(9,10)36-31)23(25)20-34-37(11,12)28(4,5)6/h13-19H,20H2,1-12H3,(H,32,33). The SMILES string of the molecule is CC(C)(C)c1ccc(C(=O)Nc2cccc(B3OC(C)(C)C(C)(C)O3)c2CO[Si](C)(C)C(C)(C)C)cc1. The summed E-state index contributed by atoms with van der Waals surface area (Å²) in [7, 11) is -2.60. The van der Waals surface area contributed by atoms with Crippen LogP contribution in [0.25, 0.3) is 0 Å². The predicted molar refractivity (Wildman–Crippen MR) is 157 cm³/mol. The highest BCUT2D eigenvalue weighted by atomic mass is 28.4. The maximum atomic E-state index is 13.3. The molecule has 0 saturated carbocycles. The van der Waals surface area contributed by atoms with E-state index in [0.29, 0.717) is 12.2 Å². The van der Waals surface area contributed by atoms with E-state index in [2.05, 4.69) is 60.0 Å². The Morgan fingerprint density at radius 1 is 0.919 bits per heavy atom. The highest BCUT2D eigenvalue weighted by Gasteiger charge is 2.52. The minimum absolute atomic E-state index is 0.0282. The fourth-order valence-electron chi connectivity index (χ4n) is 3.86. The molecule has 2 aromatic rings. The van der Waals surface area contributed by atoms with Crippen LogP contribution in [-0.4, -0.2) is 32.5 Å². The maximum Gasteiger partial charge on any atom is 0.495 e. The third-order valence-electron chi connectivity index (χ3n) is 8.36. The van der Waals surface area contributed by atoms with Crippen LogP contribution >= 0.6 is 0 Å². The second-order valence-corrected chi connectivity index (χ2v) is 18.6. The molecule has 5 nitrogen and oxygen atoms in total. The van der Waals surface area contributed by atoms with E-state index in [4.69, 9.17) is 13.7 Å². The number of rotatable bonds is 6. The van der Waals surface area contributed by atoms with Gasteiger partial charge < -0.3 is 19.1 Å². The van der Waals surface area contributed by atoms with E-state index < -0.39 is 26.6 Å². The molecule has 2 aromatic carbocycles. The Labute approximate surface area is 226 Å². The molecule has 0 atom stereocenters. The average Bonchev–Trinajstić information content (AvgIpc) is 2.98. The van der Waals surface area contributed by atoms with Crippen LogP contribution < -0.4 is 10.8 Å². The quantitative estimate of drug-likeness (QED) is 0.412. The van der Waals surface area contributed by atoms with Crippen molar-refractivity contribution in [2.75, 3.05) is 5.32 Å². The lowest BCUT2D eigenvalue weighted by atomic mass is 9.75. The largest absolute Gasteiger partial charge is 0.495 e. The summed E-state index contributed by atoms with van der Waals surface area (Å²) in [6, 6.07) is 13.7. The van der Waals surface area contributed by atoms with Crippen molar-refractivity contribution in [1.82, 2.24) is 0 Å². The molecule has 3 rings (SSSR count). The first-order valence-corrected chi connectivity index (χ1v) is 16.2. The summed E-state index contributed by atoms with van der Waals surface area (Å²) in [6.07, 6.45) is 0. The molecule has 1 heterocycles. The molecule has 0 bridgehead atoms. The molecule has 0 radical (unpaired) electrons. The van der Waals surface area contributed by atoms with Gasteiger partial charge in [0.15, 0.2) is 8.32 Å². The van der Waals surface area contributed by atoms with Gasteiger partial charge in [0.2, 0.25) is 0 Å². The second-order valence-electron chi connectivity index (χ2n) is 13.8. The molecule has 1 aliphatic rings. The van der Waals surface area contributed by atoms with Crippen LogP contribution in [0.4, 0.5) is 5.69 Å². The Hall–Kier alpha value is -1.93. The van der Waals surface area contributed by atoms with Crippen molar-refractivity contribution in [3.05, 3.63) is 59.2 Å². The molecule has 1 saturated heterocycles. The summed E-state index contributed by atoms with van der Waals surface area (Å²) < 4.78 is 19.4. The zero-order valence-corrected chi connectivity index (χ0v) is 26.0. The van der Waals surface area contributed by atoms with Crippen LogP contribution in [0.15, 0.2) is 42.5 Å². The van der Waals surface area contributed by atoms with Crippen LogP contribution in [0, 0.1) is 0 Å². The number of anilines is 1. The third-order valence-corrected chi connectivity index (χ3v) is 12.8. The lowest BCUT2D eigenvalue weighted by molar-refractivity contribution is 0.00578. The predicted octanol–water partition coefficient (Wildman–Crippen LogP) is 7.06. The van der Waals surface area contributed by atoms with Gasteiger partial charge in [-0.3, -0.25) is 4.79 Å². The van der Waals surface area contributed by atoms with Crippen molar-refractivity contribution >= 4 is 32.5 Å². The Balaban J connectivity index is 1.97. The Morgan fingerprint density at radius 2 is 1.46 bits per heavy atom. The normalized spacial score (nSPS) is 17.7. The van der Waals surface area contributed by atoms with Gasteiger partial charge in [-0.05, 0) is 86.0 Å². The summed E-state index contributed by atoms with van der Waals surface area (Å²) in [5, 5.41) is 3.21.